The summed E-state index contributed by atoms with van der Waals surface area (Å²) in [6.45, 7) is 0. The second-order valence-electron chi connectivity index (χ2n) is 2.47. The number of anilines is 2. The van der Waals surface area contributed by atoms with E-state index in [1.165, 1.54) is 0 Å². The Morgan fingerprint density at radius 2 is 1.46 bits per heavy atom. The molecule has 0 aliphatic rings. The number of nitrogens with two attached hydrogens (primary N) is 2. The van der Waals surface area contributed by atoms with Gasteiger partial charge in [0, 0.05) is 0 Å². The van der Waals surface area contributed by atoms with Gasteiger partial charge in [0.2, 0.25) is 0 Å². The summed E-state index contributed by atoms with van der Waals surface area (Å²) in [6, 6.07) is 3.53. The lowest BCUT2D eigenvalue weighted by atomic mass is 10.2. The summed E-state index contributed by atoms with van der Waals surface area (Å²) in [5.74, 6) is 10.6. The molecule has 1 heterocycles. The number of nitrogens with zero attached hydrogens (tertiary/aromatic N) is 2. The second kappa shape index (κ2) is 2.88. The highest BCUT2D eigenvalue weighted by Crippen LogP contribution is 2.24. The molecule has 0 bridgehead atoms. The van der Waals surface area contributed by atoms with Crippen molar-refractivity contribution in [2.24, 2.45) is 11.7 Å². The highest BCUT2D eigenvalue weighted by atomic mass is 15.3. The third-order valence-corrected chi connectivity index (χ3v) is 1.79. The fourth-order valence-electron chi connectivity index (χ4n) is 1.16. The Kier molecular flexibility index (Phi) is 1.72. The Bertz CT molecular complexity index is 382. The lowest BCUT2D eigenvalue weighted by Crippen LogP contribution is -2.10. The Labute approximate surface area is 73.4 Å². The van der Waals surface area contributed by atoms with Crippen molar-refractivity contribution >= 4 is 22.4 Å². The van der Waals surface area contributed by atoms with Gasteiger partial charge in [-0.2, -0.15) is 15.4 Å². The lowest BCUT2D eigenvalue weighted by molar-refractivity contribution is 0.959. The third-order valence-electron chi connectivity index (χ3n) is 1.79. The van der Waals surface area contributed by atoms with E-state index in [4.69, 9.17) is 11.7 Å². The Balaban J connectivity index is 2.74. The van der Waals surface area contributed by atoms with Crippen LogP contribution in [0.2, 0.25) is 0 Å². The standard InChI is InChI=1S/C6H9N7/c7-9-3-1-2-4(10-8)6-5(3)11-13-12-6/h1-2,9-10H,7-8H2,(H,11,12,13). The molecule has 0 aliphatic heterocycles. The number of hydrazine groups is 2. The molecule has 7 nitrogen and oxygen atoms in total. The minimum atomic E-state index is 0.651. The molecule has 0 amide bonds. The Morgan fingerprint density at radius 1 is 1.00 bits per heavy atom. The molecule has 7 heteroatoms. The van der Waals surface area contributed by atoms with Crippen molar-refractivity contribution in [2.75, 3.05) is 10.9 Å². The molecule has 7 N–H and O–H groups in total. The van der Waals surface area contributed by atoms with Crippen LogP contribution in [0, 0.1) is 0 Å². The van der Waals surface area contributed by atoms with Gasteiger partial charge in [-0.3, -0.25) is 11.7 Å². The van der Waals surface area contributed by atoms with E-state index in [0.717, 1.165) is 0 Å². The van der Waals surface area contributed by atoms with Gasteiger partial charge in [0.15, 0.2) is 0 Å². The van der Waals surface area contributed by atoms with Gasteiger partial charge in [-0.1, -0.05) is 0 Å². The van der Waals surface area contributed by atoms with Crippen LogP contribution < -0.4 is 22.5 Å². The van der Waals surface area contributed by atoms with Crippen molar-refractivity contribution in [3.8, 4) is 0 Å². The van der Waals surface area contributed by atoms with Crippen molar-refractivity contribution in [2.45, 2.75) is 0 Å². The molecule has 0 radical (unpaired) electrons. The van der Waals surface area contributed by atoms with Crippen molar-refractivity contribution in [1.29, 1.82) is 0 Å². The van der Waals surface area contributed by atoms with E-state index in [2.05, 4.69) is 26.3 Å². The number of benzene rings is 1. The average molecular weight is 179 g/mol. The van der Waals surface area contributed by atoms with Crippen molar-refractivity contribution in [3.63, 3.8) is 0 Å². The van der Waals surface area contributed by atoms with Gasteiger partial charge >= 0.3 is 0 Å². The quantitative estimate of drug-likeness (QED) is 0.314. The second-order valence-corrected chi connectivity index (χ2v) is 2.47. The maximum Gasteiger partial charge on any atom is 0.139 e. The van der Waals surface area contributed by atoms with Crippen LogP contribution >= 0.6 is 0 Å². The molecular formula is C6H9N7. The van der Waals surface area contributed by atoms with Crippen LogP contribution in [0.15, 0.2) is 12.1 Å². The first-order valence-corrected chi connectivity index (χ1v) is 3.63. The minimum Gasteiger partial charge on any atom is -0.322 e. The molecule has 0 saturated heterocycles. The summed E-state index contributed by atoms with van der Waals surface area (Å²) in [5, 5.41) is 10.3. The van der Waals surface area contributed by atoms with E-state index in [1.54, 1.807) is 12.1 Å². The van der Waals surface area contributed by atoms with E-state index in [-0.39, 0.29) is 0 Å². The third kappa shape index (κ3) is 1.06. The summed E-state index contributed by atoms with van der Waals surface area (Å²) in [4.78, 5) is 0. The van der Waals surface area contributed by atoms with Gasteiger partial charge in [0.05, 0.1) is 11.4 Å². The van der Waals surface area contributed by atoms with Gasteiger partial charge in [0.25, 0.3) is 0 Å². The van der Waals surface area contributed by atoms with Gasteiger partial charge in [-0.15, -0.1) is 0 Å². The fourth-order valence-corrected chi connectivity index (χ4v) is 1.16. The molecule has 2 aromatic rings. The molecule has 0 fully saturated rings. The van der Waals surface area contributed by atoms with Crippen LogP contribution in [-0.4, -0.2) is 15.4 Å². The summed E-state index contributed by atoms with van der Waals surface area (Å²) in [7, 11) is 0. The van der Waals surface area contributed by atoms with Crippen LogP contribution in [0.4, 0.5) is 11.4 Å². The first kappa shape index (κ1) is 7.77. The zero-order valence-electron chi connectivity index (χ0n) is 6.70. The van der Waals surface area contributed by atoms with Gasteiger partial charge < -0.3 is 10.9 Å². The number of hydrogen-bond donors (Lipinski definition) is 5. The van der Waals surface area contributed by atoms with Gasteiger partial charge in [0.1, 0.15) is 11.0 Å². The highest BCUT2D eigenvalue weighted by molar-refractivity contribution is 5.95. The van der Waals surface area contributed by atoms with E-state index in [9.17, 15) is 0 Å². The number of nitrogen functional groups attached to an aromatic ring is 2. The predicted molar refractivity (Wildman–Crippen MR) is 49.5 cm³/mol. The van der Waals surface area contributed by atoms with Crippen molar-refractivity contribution < 1.29 is 0 Å². The average Bonchev–Trinajstić information content (AvgIpc) is 2.64. The molecule has 0 unspecified atom stereocenters. The molecule has 1 aromatic heterocycles. The normalized spacial score (nSPS) is 10.3. The van der Waals surface area contributed by atoms with E-state index in [1.807, 2.05) is 0 Å². The number of hydrogen-bond acceptors (Lipinski definition) is 6. The summed E-state index contributed by atoms with van der Waals surface area (Å²) < 4.78 is 0. The summed E-state index contributed by atoms with van der Waals surface area (Å²) >= 11 is 0. The first-order chi connectivity index (χ1) is 6.36. The Hall–Kier alpha value is -1.86. The molecule has 0 spiro atoms. The van der Waals surface area contributed by atoms with Crippen LogP contribution in [0.3, 0.4) is 0 Å². The zero-order valence-corrected chi connectivity index (χ0v) is 6.70. The van der Waals surface area contributed by atoms with Crippen LogP contribution in [-0.2, 0) is 0 Å². The van der Waals surface area contributed by atoms with E-state index in [0.29, 0.717) is 22.4 Å². The van der Waals surface area contributed by atoms with E-state index < -0.39 is 0 Å². The van der Waals surface area contributed by atoms with Crippen LogP contribution in [0.1, 0.15) is 0 Å². The molecule has 68 valence electrons. The molecule has 0 aliphatic carbocycles. The number of H-pyrrole nitrogens is 1. The SMILES string of the molecule is NNc1ccc(NN)c2n[nH]nc12. The minimum absolute atomic E-state index is 0.651. The molecular weight excluding hydrogens is 170 g/mol. The molecule has 0 atom stereocenters. The number of rotatable bonds is 2. The number of nitrogens with one attached hydrogen (secondary N) is 3. The summed E-state index contributed by atoms with van der Waals surface area (Å²) in [5.41, 5.74) is 7.73. The molecule has 0 saturated carbocycles. The monoisotopic (exact) mass is 179 g/mol. The van der Waals surface area contributed by atoms with Crippen molar-refractivity contribution in [3.05, 3.63) is 12.1 Å². The van der Waals surface area contributed by atoms with Crippen LogP contribution in [0.5, 0.6) is 0 Å². The zero-order chi connectivity index (χ0) is 9.26. The topological polar surface area (TPSA) is 118 Å². The number of aromatic amines is 1. The van der Waals surface area contributed by atoms with Crippen LogP contribution in [0.25, 0.3) is 11.0 Å². The lowest BCUT2D eigenvalue weighted by Gasteiger charge is -2.03. The van der Waals surface area contributed by atoms with E-state index >= 15 is 0 Å². The maximum atomic E-state index is 5.28. The smallest absolute Gasteiger partial charge is 0.139 e. The maximum absolute atomic E-state index is 5.28. The Morgan fingerprint density at radius 3 is 1.85 bits per heavy atom. The summed E-state index contributed by atoms with van der Waals surface area (Å²) in [6.07, 6.45) is 0. The predicted octanol–water partition coefficient (Wildman–Crippen LogP) is -0.471. The fraction of sp³-hybridized carbons (Fsp3) is 0. The molecule has 2 rings (SSSR count). The van der Waals surface area contributed by atoms with Gasteiger partial charge in [-0.25, -0.2) is 0 Å². The first-order valence-electron chi connectivity index (χ1n) is 3.63. The number of aromatic nitrogens is 3. The number of fused-ring (bicyclic) bond motifs is 1. The largest absolute Gasteiger partial charge is 0.322 e. The molecule has 1 aromatic carbocycles. The highest BCUT2D eigenvalue weighted by Gasteiger charge is 2.07. The van der Waals surface area contributed by atoms with Crippen molar-refractivity contribution in [1.82, 2.24) is 15.4 Å². The molecule has 13 heavy (non-hydrogen) atoms. The van der Waals surface area contributed by atoms with Gasteiger partial charge in [-0.05, 0) is 12.1 Å².